The Morgan fingerprint density at radius 3 is 1.79 bits per heavy atom. The maximum Gasteiger partial charge on any atom is 0.360 e. The second-order valence-electron chi connectivity index (χ2n) is 9.89. The van der Waals surface area contributed by atoms with Gasteiger partial charge >= 0.3 is 11.9 Å². The van der Waals surface area contributed by atoms with E-state index in [1.54, 1.807) is 35.6 Å². The Labute approximate surface area is 256 Å². The zero-order chi connectivity index (χ0) is 29.6. The summed E-state index contributed by atoms with van der Waals surface area (Å²) in [6.07, 6.45) is 4.22. The minimum Gasteiger partial charge on any atom is -0.461 e. The molecule has 3 heterocycles. The summed E-state index contributed by atoms with van der Waals surface area (Å²) < 4.78 is 14.1. The quantitative estimate of drug-likeness (QED) is 0.192. The van der Waals surface area contributed by atoms with E-state index < -0.39 is 11.9 Å². The third kappa shape index (κ3) is 7.19. The smallest absolute Gasteiger partial charge is 0.360 e. The fraction of sp³-hybridized carbons (Fsp3) is 0.345. The summed E-state index contributed by atoms with van der Waals surface area (Å²) in [6.45, 7) is 6.09. The van der Waals surface area contributed by atoms with Gasteiger partial charge in [-0.1, -0.05) is 34.7 Å². The number of piperidine rings is 1. The van der Waals surface area contributed by atoms with Crippen LogP contribution in [0, 0.1) is 15.4 Å². The number of hydrogen-bond donors (Lipinski definition) is 0. The predicted molar refractivity (Wildman–Crippen MR) is 160 cm³/mol. The molecule has 0 spiro atoms. The van der Waals surface area contributed by atoms with E-state index in [0.717, 1.165) is 29.8 Å². The van der Waals surface area contributed by atoms with E-state index in [0.29, 0.717) is 32.2 Å². The molecule has 13 heteroatoms. The molecule has 2 atom stereocenters. The average Bonchev–Trinajstić information content (AvgIpc) is 3.27. The molecular weight excluding hydrogens is 653 g/mol. The van der Waals surface area contributed by atoms with Gasteiger partial charge in [-0.25, -0.2) is 19.0 Å². The number of carbonyl (C=O) groups is 3. The summed E-state index contributed by atoms with van der Waals surface area (Å²) in [5, 5.41) is 15.5. The van der Waals surface area contributed by atoms with E-state index in [1.807, 2.05) is 53.4 Å². The van der Waals surface area contributed by atoms with Crippen molar-refractivity contribution in [2.24, 2.45) is 11.8 Å². The summed E-state index contributed by atoms with van der Waals surface area (Å²) in [4.78, 5) is 37.0. The van der Waals surface area contributed by atoms with Crippen LogP contribution in [0.5, 0.6) is 0 Å². The first kappa shape index (κ1) is 29.4. The first-order chi connectivity index (χ1) is 20.3. The minimum atomic E-state index is -0.467. The van der Waals surface area contributed by atoms with Crippen molar-refractivity contribution in [3.63, 3.8) is 0 Å². The summed E-state index contributed by atoms with van der Waals surface area (Å²) >= 11 is 2.25. The number of anilines is 1. The second kappa shape index (κ2) is 13.2. The molecule has 2 aromatic carbocycles. The summed E-state index contributed by atoms with van der Waals surface area (Å²) in [7, 11) is 0. The molecule has 218 valence electrons. The van der Waals surface area contributed by atoms with Gasteiger partial charge in [-0.15, -0.1) is 10.2 Å². The van der Waals surface area contributed by atoms with Crippen LogP contribution in [0.1, 0.15) is 52.4 Å². The highest BCUT2D eigenvalue weighted by atomic mass is 127. The van der Waals surface area contributed by atoms with Gasteiger partial charge in [0.2, 0.25) is 5.91 Å². The van der Waals surface area contributed by atoms with Crippen molar-refractivity contribution in [3.8, 4) is 0 Å². The molecule has 1 aliphatic carbocycles. The van der Waals surface area contributed by atoms with Crippen LogP contribution < -0.4 is 4.90 Å². The molecule has 1 amide bonds. The SMILES string of the molecule is CCOC(=O)c1cn(Cc2ccc(I)cc2)nn1.CCOC(=O)c1cn(Cc2ccc(N3CC4CC4C3=O)cc2)nn1. The Bertz CT molecular complexity index is 1550. The number of halogens is 1. The molecule has 1 saturated heterocycles. The van der Waals surface area contributed by atoms with Crippen molar-refractivity contribution in [1.29, 1.82) is 0 Å². The van der Waals surface area contributed by atoms with E-state index in [2.05, 4.69) is 43.2 Å². The number of hydrogen-bond acceptors (Lipinski definition) is 9. The fourth-order valence-corrected chi connectivity index (χ4v) is 4.96. The third-order valence-corrected chi connectivity index (χ3v) is 7.54. The molecule has 4 aromatic rings. The second-order valence-corrected chi connectivity index (χ2v) is 11.1. The van der Waals surface area contributed by atoms with Crippen molar-refractivity contribution in [1.82, 2.24) is 30.0 Å². The molecule has 2 aromatic heterocycles. The molecular formula is C29H30IN7O5. The van der Waals surface area contributed by atoms with E-state index in [4.69, 9.17) is 9.47 Å². The fourth-order valence-electron chi connectivity index (χ4n) is 4.60. The Hall–Kier alpha value is -4.14. The minimum absolute atomic E-state index is 0.204. The molecule has 1 aliphatic heterocycles. The lowest BCUT2D eigenvalue weighted by molar-refractivity contribution is -0.118. The Kier molecular flexibility index (Phi) is 9.25. The van der Waals surface area contributed by atoms with Crippen molar-refractivity contribution < 1.29 is 23.9 Å². The lowest BCUT2D eigenvalue weighted by Gasteiger charge is -2.18. The molecule has 42 heavy (non-hydrogen) atoms. The van der Waals surface area contributed by atoms with Crippen molar-refractivity contribution in [2.45, 2.75) is 33.4 Å². The normalized spacial score (nSPS) is 16.8. The first-order valence-corrected chi connectivity index (χ1v) is 14.7. The Balaban J connectivity index is 0.000000176. The van der Waals surface area contributed by atoms with Gasteiger partial charge in [0.05, 0.1) is 38.7 Å². The molecule has 6 rings (SSSR count). The van der Waals surface area contributed by atoms with Crippen LogP contribution in [0.15, 0.2) is 60.9 Å². The van der Waals surface area contributed by atoms with E-state index in [1.165, 1.54) is 3.57 Å². The maximum absolute atomic E-state index is 12.1. The van der Waals surface area contributed by atoms with Crippen LogP contribution >= 0.6 is 22.6 Å². The number of ether oxygens (including phenoxy) is 2. The van der Waals surface area contributed by atoms with Gasteiger partial charge in [-0.05, 0) is 84.2 Å². The van der Waals surface area contributed by atoms with E-state index in [-0.39, 0.29) is 23.2 Å². The highest BCUT2D eigenvalue weighted by Gasteiger charge is 2.52. The average molecular weight is 684 g/mol. The molecule has 0 N–H and O–H groups in total. The summed E-state index contributed by atoms with van der Waals surface area (Å²) in [5.74, 6) is 0.175. The summed E-state index contributed by atoms with van der Waals surface area (Å²) in [6, 6.07) is 16.0. The zero-order valence-electron chi connectivity index (χ0n) is 23.2. The molecule has 2 fully saturated rings. The van der Waals surface area contributed by atoms with Crippen LogP contribution in [-0.2, 0) is 27.4 Å². The first-order valence-electron chi connectivity index (χ1n) is 13.6. The van der Waals surface area contributed by atoms with Crippen LogP contribution in [-0.4, -0.2) is 67.6 Å². The van der Waals surface area contributed by atoms with Crippen LogP contribution in [0.2, 0.25) is 0 Å². The summed E-state index contributed by atoms with van der Waals surface area (Å²) in [5.41, 5.74) is 3.52. The Morgan fingerprint density at radius 2 is 1.33 bits per heavy atom. The topological polar surface area (TPSA) is 134 Å². The van der Waals surface area contributed by atoms with Crippen molar-refractivity contribution >= 4 is 46.1 Å². The van der Waals surface area contributed by atoms with E-state index in [9.17, 15) is 14.4 Å². The highest BCUT2D eigenvalue weighted by molar-refractivity contribution is 14.1. The van der Waals surface area contributed by atoms with Crippen LogP contribution in [0.3, 0.4) is 0 Å². The number of amides is 1. The number of carbonyl (C=O) groups excluding carboxylic acids is 3. The highest BCUT2D eigenvalue weighted by Crippen LogP contribution is 2.47. The van der Waals surface area contributed by atoms with Gasteiger partial charge in [0, 0.05) is 21.7 Å². The van der Waals surface area contributed by atoms with Gasteiger partial charge in [-0.3, -0.25) is 4.79 Å². The number of fused-ring (bicyclic) bond motifs is 1. The lowest BCUT2D eigenvalue weighted by Crippen LogP contribution is -2.27. The number of aromatic nitrogens is 6. The van der Waals surface area contributed by atoms with Gasteiger partial charge in [0.25, 0.3) is 0 Å². The van der Waals surface area contributed by atoms with E-state index >= 15 is 0 Å². The molecule has 0 bridgehead atoms. The number of rotatable bonds is 9. The number of esters is 2. The maximum atomic E-state index is 12.1. The largest absolute Gasteiger partial charge is 0.461 e. The molecule has 12 nitrogen and oxygen atoms in total. The zero-order valence-corrected chi connectivity index (χ0v) is 25.4. The van der Waals surface area contributed by atoms with Gasteiger partial charge in [-0.2, -0.15) is 0 Å². The van der Waals surface area contributed by atoms with Gasteiger partial charge in [0.1, 0.15) is 0 Å². The standard InChI is InChI=1S/C17H18N4O3.C12H12IN3O2/c1-2-24-17(23)15-10-20(19-18-15)8-11-3-5-13(6-4-11)21-9-12-7-14(12)16(21)22;1-2-18-12(17)11-8-16(15-14-11)7-9-3-5-10(13)6-4-9/h3-6,10,12,14H,2,7-9H2,1H3;3-6,8H,2,7H2,1H3. The molecule has 2 aliphatic rings. The molecule has 0 radical (unpaired) electrons. The lowest BCUT2D eigenvalue weighted by atomic mass is 10.2. The molecule has 1 saturated carbocycles. The monoisotopic (exact) mass is 683 g/mol. The van der Waals surface area contributed by atoms with Crippen molar-refractivity contribution in [2.75, 3.05) is 24.7 Å². The van der Waals surface area contributed by atoms with Gasteiger partial charge in [0.15, 0.2) is 11.4 Å². The molecule has 2 unspecified atom stereocenters. The van der Waals surface area contributed by atoms with Crippen LogP contribution in [0.4, 0.5) is 5.69 Å². The predicted octanol–water partition coefficient (Wildman–Crippen LogP) is 3.59. The van der Waals surface area contributed by atoms with Gasteiger partial charge < -0.3 is 14.4 Å². The van der Waals surface area contributed by atoms with Crippen molar-refractivity contribution in [3.05, 3.63) is 87.0 Å². The Morgan fingerprint density at radius 1 is 0.833 bits per heavy atom. The number of benzene rings is 2. The number of nitrogens with zero attached hydrogens (tertiary/aromatic N) is 7. The van der Waals surface area contributed by atoms with Crippen LogP contribution in [0.25, 0.3) is 0 Å². The third-order valence-electron chi connectivity index (χ3n) is 6.82.